The third-order valence-electron chi connectivity index (χ3n) is 3.24. The van der Waals surface area contributed by atoms with E-state index in [0.29, 0.717) is 6.54 Å². The van der Waals surface area contributed by atoms with E-state index in [4.69, 9.17) is 5.73 Å². The molecule has 0 radical (unpaired) electrons. The van der Waals surface area contributed by atoms with Crippen molar-refractivity contribution >= 4 is 29.4 Å². The standard InChI is InChI=1S/C11H22N2OS2/c1-3-11(4-2,8-12)13-10(14)9-7-15-5-6-16-9/h9H,3-8,12H2,1-2H3,(H,13,14). The molecule has 1 saturated heterocycles. The summed E-state index contributed by atoms with van der Waals surface area (Å²) in [5.74, 6) is 3.35. The molecule has 0 aromatic heterocycles. The fourth-order valence-corrected chi connectivity index (χ4v) is 4.30. The average molecular weight is 262 g/mol. The van der Waals surface area contributed by atoms with Crippen LogP contribution in [0.25, 0.3) is 0 Å². The van der Waals surface area contributed by atoms with Crippen LogP contribution in [0.4, 0.5) is 0 Å². The number of thioether (sulfide) groups is 2. The largest absolute Gasteiger partial charge is 0.348 e. The summed E-state index contributed by atoms with van der Waals surface area (Å²) in [6, 6.07) is 0. The van der Waals surface area contributed by atoms with Crippen molar-refractivity contribution in [3.8, 4) is 0 Å². The Balaban J connectivity index is 2.53. The van der Waals surface area contributed by atoms with Gasteiger partial charge in [0.1, 0.15) is 0 Å². The van der Waals surface area contributed by atoms with Gasteiger partial charge in [-0.25, -0.2) is 0 Å². The lowest BCUT2D eigenvalue weighted by Gasteiger charge is -2.33. The van der Waals surface area contributed by atoms with Crippen LogP contribution in [0.15, 0.2) is 0 Å². The van der Waals surface area contributed by atoms with Crippen molar-refractivity contribution in [2.45, 2.75) is 37.5 Å². The minimum absolute atomic E-state index is 0.114. The van der Waals surface area contributed by atoms with E-state index in [1.54, 1.807) is 11.8 Å². The summed E-state index contributed by atoms with van der Waals surface area (Å²) in [7, 11) is 0. The van der Waals surface area contributed by atoms with E-state index in [0.717, 1.165) is 30.1 Å². The first kappa shape index (κ1) is 14.2. The predicted octanol–water partition coefficient (Wildman–Crippen LogP) is 1.47. The van der Waals surface area contributed by atoms with Crippen LogP contribution in [-0.2, 0) is 4.79 Å². The van der Waals surface area contributed by atoms with Gasteiger partial charge in [-0.05, 0) is 12.8 Å². The molecule has 16 heavy (non-hydrogen) atoms. The molecule has 1 atom stereocenters. The molecule has 94 valence electrons. The van der Waals surface area contributed by atoms with Gasteiger partial charge < -0.3 is 11.1 Å². The van der Waals surface area contributed by atoms with Crippen molar-refractivity contribution in [3.63, 3.8) is 0 Å². The monoisotopic (exact) mass is 262 g/mol. The summed E-state index contributed by atoms with van der Waals surface area (Å²) >= 11 is 3.64. The van der Waals surface area contributed by atoms with Gasteiger partial charge in [0.25, 0.3) is 0 Å². The van der Waals surface area contributed by atoms with Crippen LogP contribution in [0.2, 0.25) is 0 Å². The SMILES string of the molecule is CCC(CC)(CN)NC(=O)C1CSCCS1. The molecular formula is C11H22N2OS2. The van der Waals surface area contributed by atoms with Gasteiger partial charge in [0.15, 0.2) is 0 Å². The zero-order chi connectivity index (χ0) is 12.0. The molecule has 0 aromatic rings. The molecule has 0 saturated carbocycles. The third kappa shape index (κ3) is 3.57. The Bertz CT molecular complexity index is 218. The maximum atomic E-state index is 12.1. The zero-order valence-corrected chi connectivity index (χ0v) is 11.8. The van der Waals surface area contributed by atoms with Gasteiger partial charge in [-0.3, -0.25) is 4.79 Å². The molecule has 1 fully saturated rings. The summed E-state index contributed by atoms with van der Waals surface area (Å²) in [6.07, 6.45) is 1.80. The molecule has 0 aliphatic carbocycles. The minimum Gasteiger partial charge on any atom is -0.348 e. The third-order valence-corrected chi connectivity index (χ3v) is 6.00. The van der Waals surface area contributed by atoms with Crippen LogP contribution >= 0.6 is 23.5 Å². The van der Waals surface area contributed by atoms with Crippen LogP contribution in [0.3, 0.4) is 0 Å². The van der Waals surface area contributed by atoms with Gasteiger partial charge in [-0.1, -0.05) is 13.8 Å². The normalized spacial score (nSPS) is 21.8. The van der Waals surface area contributed by atoms with Crippen molar-refractivity contribution in [1.29, 1.82) is 0 Å². The molecular weight excluding hydrogens is 240 g/mol. The number of amides is 1. The van der Waals surface area contributed by atoms with Crippen LogP contribution in [0, 0.1) is 0 Å². The highest BCUT2D eigenvalue weighted by Crippen LogP contribution is 2.25. The van der Waals surface area contributed by atoms with Gasteiger partial charge in [0.2, 0.25) is 5.91 Å². The minimum atomic E-state index is -0.195. The van der Waals surface area contributed by atoms with E-state index in [9.17, 15) is 4.79 Å². The molecule has 0 spiro atoms. The Morgan fingerprint density at radius 2 is 2.12 bits per heavy atom. The zero-order valence-electron chi connectivity index (χ0n) is 10.1. The van der Waals surface area contributed by atoms with Gasteiger partial charge in [-0.2, -0.15) is 11.8 Å². The maximum Gasteiger partial charge on any atom is 0.234 e. The van der Waals surface area contributed by atoms with Crippen LogP contribution in [0.1, 0.15) is 26.7 Å². The molecule has 0 aromatic carbocycles. The second-order valence-corrected chi connectivity index (χ2v) is 6.58. The lowest BCUT2D eigenvalue weighted by atomic mass is 9.93. The van der Waals surface area contributed by atoms with Gasteiger partial charge >= 0.3 is 0 Å². The van der Waals surface area contributed by atoms with Gasteiger partial charge in [0, 0.05) is 23.8 Å². The molecule has 1 amide bonds. The fourth-order valence-electron chi connectivity index (χ4n) is 1.75. The lowest BCUT2D eigenvalue weighted by Crippen LogP contribution is -2.55. The first-order valence-electron chi connectivity index (χ1n) is 5.89. The van der Waals surface area contributed by atoms with Crippen LogP contribution in [0.5, 0.6) is 0 Å². The summed E-state index contributed by atoms with van der Waals surface area (Å²) in [5.41, 5.74) is 5.59. The molecule has 1 rings (SSSR count). The van der Waals surface area contributed by atoms with E-state index in [1.165, 1.54) is 0 Å². The smallest absolute Gasteiger partial charge is 0.234 e. The highest BCUT2D eigenvalue weighted by Gasteiger charge is 2.30. The molecule has 3 nitrogen and oxygen atoms in total. The molecule has 1 aliphatic heterocycles. The van der Waals surface area contributed by atoms with Crippen molar-refractivity contribution in [3.05, 3.63) is 0 Å². The topological polar surface area (TPSA) is 55.1 Å². The number of rotatable bonds is 5. The van der Waals surface area contributed by atoms with Crippen molar-refractivity contribution in [2.75, 3.05) is 23.8 Å². The van der Waals surface area contributed by atoms with E-state index in [-0.39, 0.29) is 16.7 Å². The van der Waals surface area contributed by atoms with Crippen LogP contribution in [-0.4, -0.2) is 40.5 Å². The summed E-state index contributed by atoms with van der Waals surface area (Å²) < 4.78 is 0. The second kappa shape index (κ2) is 6.77. The summed E-state index contributed by atoms with van der Waals surface area (Å²) in [4.78, 5) is 12.1. The molecule has 0 bridgehead atoms. The Morgan fingerprint density at radius 1 is 1.44 bits per heavy atom. The number of carbonyl (C=O) groups is 1. The molecule has 1 unspecified atom stereocenters. The predicted molar refractivity (Wildman–Crippen MR) is 74.1 cm³/mol. The first-order valence-corrected chi connectivity index (χ1v) is 8.09. The van der Waals surface area contributed by atoms with E-state index < -0.39 is 0 Å². The Labute approximate surface area is 107 Å². The molecule has 5 heteroatoms. The van der Waals surface area contributed by atoms with E-state index >= 15 is 0 Å². The molecule has 3 N–H and O–H groups in total. The van der Waals surface area contributed by atoms with Gasteiger partial charge in [0.05, 0.1) is 10.8 Å². The maximum absolute atomic E-state index is 12.1. The average Bonchev–Trinajstić information content (AvgIpc) is 2.37. The summed E-state index contributed by atoms with van der Waals surface area (Å²) in [5, 5.41) is 3.26. The molecule has 1 heterocycles. The Kier molecular flexibility index (Phi) is 6.00. The number of hydrogen-bond donors (Lipinski definition) is 2. The molecule has 1 aliphatic rings. The quantitative estimate of drug-likeness (QED) is 0.788. The Morgan fingerprint density at radius 3 is 2.56 bits per heavy atom. The Hall–Kier alpha value is 0.130. The van der Waals surface area contributed by atoms with Crippen molar-refractivity contribution < 1.29 is 4.79 Å². The van der Waals surface area contributed by atoms with E-state index in [1.807, 2.05) is 11.8 Å². The van der Waals surface area contributed by atoms with Crippen molar-refractivity contribution in [2.24, 2.45) is 5.73 Å². The number of nitrogens with two attached hydrogens (primary N) is 1. The highest BCUT2D eigenvalue weighted by molar-refractivity contribution is 8.07. The number of hydrogen-bond acceptors (Lipinski definition) is 4. The summed E-state index contributed by atoms with van der Waals surface area (Å²) in [6.45, 7) is 4.69. The second-order valence-electron chi connectivity index (χ2n) is 4.12. The van der Waals surface area contributed by atoms with Crippen molar-refractivity contribution in [1.82, 2.24) is 5.32 Å². The fraction of sp³-hybridized carbons (Fsp3) is 0.909. The lowest BCUT2D eigenvalue weighted by molar-refractivity contribution is -0.122. The van der Waals surface area contributed by atoms with E-state index in [2.05, 4.69) is 19.2 Å². The number of carbonyl (C=O) groups excluding carboxylic acids is 1. The van der Waals surface area contributed by atoms with Crippen LogP contribution < -0.4 is 11.1 Å². The highest BCUT2D eigenvalue weighted by atomic mass is 32.2. The van der Waals surface area contributed by atoms with Gasteiger partial charge in [-0.15, -0.1) is 11.8 Å². The first-order chi connectivity index (χ1) is 7.67. The number of nitrogens with one attached hydrogen (secondary N) is 1.